The lowest BCUT2D eigenvalue weighted by atomic mass is 9.83. The number of carbonyl (C=O) groups excluding carboxylic acids is 2. The molecule has 2 aromatic rings. The smallest absolute Gasteiger partial charge is 0.427 e. The van der Waals surface area contributed by atoms with Gasteiger partial charge in [-0.1, -0.05) is 58.8 Å². The zero-order valence-electron chi connectivity index (χ0n) is 19.3. The molecule has 2 N–H and O–H groups in total. The normalized spacial score (nSPS) is 9.66. The van der Waals surface area contributed by atoms with Gasteiger partial charge in [0.25, 0.3) is 0 Å². The lowest BCUT2D eigenvalue weighted by molar-refractivity contribution is 0.111. The Labute approximate surface area is 201 Å². The standard InChI is InChI=1S/C12H17NO.C6H15BO2.C6H4BrNO/c1-2-3-4-5-6-12-8-7-11(10-14)9-13-12;1-2-3-4-5-6-7(8)9;7-6-2-1-5(4-9)3-8-6/h7-10H,2-6H2,1H3;8-9H,2-6H2,1H3;1-4H. The van der Waals surface area contributed by atoms with Gasteiger partial charge < -0.3 is 10.0 Å². The van der Waals surface area contributed by atoms with Crippen LogP contribution in [0, 0.1) is 0 Å². The van der Waals surface area contributed by atoms with Gasteiger partial charge in [-0.25, -0.2) is 4.98 Å². The van der Waals surface area contributed by atoms with Crippen molar-refractivity contribution in [1.82, 2.24) is 9.97 Å². The van der Waals surface area contributed by atoms with E-state index in [1.165, 1.54) is 44.7 Å². The van der Waals surface area contributed by atoms with Gasteiger partial charge in [0, 0.05) is 29.2 Å². The van der Waals surface area contributed by atoms with Gasteiger partial charge in [-0.15, -0.1) is 0 Å². The van der Waals surface area contributed by atoms with Gasteiger partial charge in [-0.2, -0.15) is 0 Å². The van der Waals surface area contributed by atoms with Crippen molar-refractivity contribution in [2.45, 2.75) is 78.0 Å². The van der Waals surface area contributed by atoms with Crippen molar-refractivity contribution in [3.63, 3.8) is 0 Å². The van der Waals surface area contributed by atoms with Gasteiger partial charge in [0.2, 0.25) is 0 Å². The minimum absolute atomic E-state index is 0.528. The summed E-state index contributed by atoms with van der Waals surface area (Å²) in [5, 5.41) is 16.8. The third kappa shape index (κ3) is 17.8. The summed E-state index contributed by atoms with van der Waals surface area (Å²) < 4.78 is 0.744. The highest BCUT2D eigenvalue weighted by atomic mass is 79.9. The summed E-state index contributed by atoms with van der Waals surface area (Å²) in [6.45, 7) is 4.34. The van der Waals surface area contributed by atoms with E-state index in [1.807, 2.05) is 12.1 Å². The van der Waals surface area contributed by atoms with Crippen LogP contribution < -0.4 is 0 Å². The summed E-state index contributed by atoms with van der Waals surface area (Å²) in [4.78, 5) is 28.5. The Bertz CT molecular complexity index is 713. The number of aryl methyl sites for hydroxylation is 1. The molecule has 0 aliphatic rings. The predicted octanol–water partition coefficient (Wildman–Crippen LogP) is 5.71. The molecule has 0 aliphatic heterocycles. The van der Waals surface area contributed by atoms with Gasteiger partial charge >= 0.3 is 7.12 Å². The molecule has 2 heterocycles. The first kappa shape index (κ1) is 30.1. The average molecular weight is 507 g/mol. The maximum Gasteiger partial charge on any atom is 0.451 e. The Kier molecular flexibility index (Phi) is 19.7. The van der Waals surface area contributed by atoms with E-state index in [-0.39, 0.29) is 0 Å². The van der Waals surface area contributed by atoms with Crippen molar-refractivity contribution in [3.05, 3.63) is 58.1 Å². The first-order chi connectivity index (χ1) is 15.5. The van der Waals surface area contributed by atoms with Crippen molar-refractivity contribution in [3.8, 4) is 0 Å². The fourth-order valence-electron chi connectivity index (χ4n) is 2.60. The van der Waals surface area contributed by atoms with Crippen LogP contribution in [0.25, 0.3) is 0 Å². The maximum atomic E-state index is 10.4. The van der Waals surface area contributed by atoms with Gasteiger partial charge in [-0.05, 0) is 59.4 Å². The fourth-order valence-corrected chi connectivity index (χ4v) is 2.83. The molecule has 2 aromatic heterocycles. The van der Waals surface area contributed by atoms with Crippen molar-refractivity contribution >= 4 is 35.6 Å². The number of rotatable bonds is 12. The summed E-state index contributed by atoms with van der Waals surface area (Å²) in [6.07, 6.45) is 15.8. The molecule has 0 spiro atoms. The van der Waals surface area contributed by atoms with Crippen molar-refractivity contribution < 1.29 is 19.6 Å². The highest BCUT2D eigenvalue weighted by molar-refractivity contribution is 9.10. The minimum atomic E-state index is -1.10. The molecule has 0 bridgehead atoms. The van der Waals surface area contributed by atoms with Crippen LogP contribution in [0.15, 0.2) is 41.3 Å². The van der Waals surface area contributed by atoms with Gasteiger partial charge in [-0.3, -0.25) is 14.6 Å². The molecule has 32 heavy (non-hydrogen) atoms. The largest absolute Gasteiger partial charge is 0.451 e. The SMILES string of the molecule is CCCCCCB(O)O.CCCCCCc1ccc(C=O)cn1.O=Cc1ccc(Br)nc1. The topological polar surface area (TPSA) is 100 Å². The molecule has 6 nitrogen and oxygen atoms in total. The van der Waals surface area contributed by atoms with Crippen LogP contribution in [-0.4, -0.2) is 39.7 Å². The van der Waals surface area contributed by atoms with E-state index in [9.17, 15) is 9.59 Å². The van der Waals surface area contributed by atoms with Crippen LogP contribution in [0.5, 0.6) is 0 Å². The summed E-state index contributed by atoms with van der Waals surface area (Å²) >= 11 is 3.15. The van der Waals surface area contributed by atoms with Crippen LogP contribution >= 0.6 is 15.9 Å². The summed E-state index contributed by atoms with van der Waals surface area (Å²) in [5.74, 6) is 0. The molecule has 8 heteroatoms. The molecule has 0 aliphatic carbocycles. The first-order valence-corrected chi connectivity index (χ1v) is 12.1. The second-order valence-corrected chi connectivity index (χ2v) is 8.19. The summed E-state index contributed by atoms with van der Waals surface area (Å²) in [7, 11) is -1.10. The molecule has 0 unspecified atom stereocenters. The molecule has 0 amide bonds. The molecular formula is C24H36BBrN2O4. The molecule has 0 radical (unpaired) electrons. The number of halogens is 1. The van der Waals surface area contributed by atoms with Gasteiger partial charge in [0.05, 0.1) is 0 Å². The van der Waals surface area contributed by atoms with Crippen LogP contribution in [-0.2, 0) is 6.42 Å². The number of nitrogens with zero attached hydrogens (tertiary/aromatic N) is 2. The predicted molar refractivity (Wildman–Crippen MR) is 134 cm³/mol. The molecule has 0 saturated carbocycles. The fraction of sp³-hybridized carbons (Fsp3) is 0.500. The Hall–Kier alpha value is -1.90. The molecule has 2 rings (SSSR count). The van der Waals surface area contributed by atoms with E-state index in [4.69, 9.17) is 10.0 Å². The Morgan fingerprint density at radius 1 is 0.812 bits per heavy atom. The second kappa shape index (κ2) is 21.0. The molecule has 0 aromatic carbocycles. The molecule has 0 fully saturated rings. The molecule has 176 valence electrons. The average Bonchev–Trinajstić information content (AvgIpc) is 2.81. The van der Waals surface area contributed by atoms with E-state index < -0.39 is 7.12 Å². The first-order valence-electron chi connectivity index (χ1n) is 11.3. The van der Waals surface area contributed by atoms with E-state index in [2.05, 4.69) is 39.7 Å². The summed E-state index contributed by atoms with van der Waals surface area (Å²) in [5.41, 5.74) is 2.34. The number of aldehydes is 2. The van der Waals surface area contributed by atoms with Crippen molar-refractivity contribution in [1.29, 1.82) is 0 Å². The monoisotopic (exact) mass is 506 g/mol. The Morgan fingerprint density at radius 3 is 1.81 bits per heavy atom. The quantitative estimate of drug-likeness (QED) is 0.165. The molecule has 0 atom stereocenters. The van der Waals surface area contributed by atoms with E-state index in [1.54, 1.807) is 18.3 Å². The Morgan fingerprint density at radius 2 is 1.38 bits per heavy atom. The molecule has 0 saturated heterocycles. The van der Waals surface area contributed by atoms with E-state index >= 15 is 0 Å². The van der Waals surface area contributed by atoms with Crippen molar-refractivity contribution in [2.75, 3.05) is 0 Å². The zero-order chi connectivity index (χ0) is 24.0. The zero-order valence-corrected chi connectivity index (χ0v) is 20.8. The Balaban J connectivity index is 0.000000470. The third-order valence-electron chi connectivity index (χ3n) is 4.47. The maximum absolute atomic E-state index is 10.4. The van der Waals surface area contributed by atoms with Crippen LogP contribution in [0.3, 0.4) is 0 Å². The van der Waals surface area contributed by atoms with Crippen LogP contribution in [0.2, 0.25) is 6.32 Å². The lowest BCUT2D eigenvalue weighted by Crippen LogP contribution is -2.09. The number of hydrogen-bond donors (Lipinski definition) is 2. The number of pyridine rings is 2. The lowest BCUT2D eigenvalue weighted by Gasteiger charge is -1.99. The van der Waals surface area contributed by atoms with Crippen LogP contribution in [0.1, 0.15) is 91.6 Å². The minimum Gasteiger partial charge on any atom is -0.427 e. The van der Waals surface area contributed by atoms with E-state index in [0.717, 1.165) is 42.1 Å². The van der Waals surface area contributed by atoms with Crippen LogP contribution in [0.4, 0.5) is 0 Å². The summed E-state index contributed by atoms with van der Waals surface area (Å²) in [6, 6.07) is 7.19. The van der Waals surface area contributed by atoms with Gasteiger partial charge in [0.15, 0.2) is 12.6 Å². The van der Waals surface area contributed by atoms with Gasteiger partial charge in [0.1, 0.15) is 4.60 Å². The number of carbonyl (C=O) groups is 2. The van der Waals surface area contributed by atoms with Crippen molar-refractivity contribution in [2.24, 2.45) is 0 Å². The number of unbranched alkanes of at least 4 members (excludes halogenated alkanes) is 6. The number of hydrogen-bond acceptors (Lipinski definition) is 6. The number of aromatic nitrogens is 2. The third-order valence-corrected chi connectivity index (χ3v) is 4.94. The highest BCUT2D eigenvalue weighted by Gasteiger charge is 2.03. The second-order valence-electron chi connectivity index (χ2n) is 7.37. The van der Waals surface area contributed by atoms with E-state index in [0.29, 0.717) is 17.4 Å². The molecular weight excluding hydrogens is 471 g/mol. The highest BCUT2D eigenvalue weighted by Crippen LogP contribution is 2.06.